The molecule has 2 rings (SSSR count). The standard InChI is InChI=1S/C15H11F2NO2/c16-13-7-4-11(9-14(13)17)18-15(20)8-3-10-1-5-12(19)6-2-10/h1-9,19H,(H,18,20)/b8-3+. The Hall–Kier alpha value is -2.69. The van der Waals surface area contributed by atoms with Crippen LogP contribution in [0.25, 0.3) is 6.08 Å². The zero-order chi connectivity index (χ0) is 14.5. The van der Waals surface area contributed by atoms with Crippen molar-refractivity contribution < 1.29 is 18.7 Å². The van der Waals surface area contributed by atoms with Crippen LogP contribution in [0.5, 0.6) is 5.75 Å². The van der Waals surface area contributed by atoms with Crippen molar-refractivity contribution in [2.75, 3.05) is 5.32 Å². The lowest BCUT2D eigenvalue weighted by Gasteiger charge is -2.02. The van der Waals surface area contributed by atoms with Gasteiger partial charge in [-0.3, -0.25) is 4.79 Å². The van der Waals surface area contributed by atoms with E-state index < -0.39 is 17.5 Å². The van der Waals surface area contributed by atoms with E-state index in [9.17, 15) is 13.6 Å². The molecule has 102 valence electrons. The summed E-state index contributed by atoms with van der Waals surface area (Å²) < 4.78 is 25.7. The number of carbonyl (C=O) groups excluding carboxylic acids is 1. The van der Waals surface area contributed by atoms with Crippen LogP contribution in [0.3, 0.4) is 0 Å². The third kappa shape index (κ3) is 3.65. The fourth-order valence-electron chi connectivity index (χ4n) is 1.52. The van der Waals surface area contributed by atoms with Crippen molar-refractivity contribution in [3.05, 3.63) is 65.7 Å². The summed E-state index contributed by atoms with van der Waals surface area (Å²) in [4.78, 5) is 11.6. The van der Waals surface area contributed by atoms with Gasteiger partial charge in [-0.15, -0.1) is 0 Å². The van der Waals surface area contributed by atoms with Gasteiger partial charge in [-0.1, -0.05) is 12.1 Å². The van der Waals surface area contributed by atoms with Crippen LogP contribution in [0, 0.1) is 11.6 Å². The molecular formula is C15H11F2NO2. The number of hydrogen-bond donors (Lipinski definition) is 2. The summed E-state index contributed by atoms with van der Waals surface area (Å²) in [5, 5.41) is 11.5. The monoisotopic (exact) mass is 275 g/mol. The number of phenolic OH excluding ortho intramolecular Hbond substituents is 1. The van der Waals surface area contributed by atoms with E-state index in [0.29, 0.717) is 0 Å². The van der Waals surface area contributed by atoms with Crippen molar-refractivity contribution in [3.63, 3.8) is 0 Å². The van der Waals surface area contributed by atoms with E-state index in [1.54, 1.807) is 12.1 Å². The molecule has 0 aliphatic heterocycles. The number of benzene rings is 2. The number of anilines is 1. The van der Waals surface area contributed by atoms with Gasteiger partial charge < -0.3 is 10.4 Å². The van der Waals surface area contributed by atoms with Gasteiger partial charge in [-0.2, -0.15) is 0 Å². The van der Waals surface area contributed by atoms with Crippen LogP contribution < -0.4 is 5.32 Å². The van der Waals surface area contributed by atoms with Crippen molar-refractivity contribution in [1.29, 1.82) is 0 Å². The molecule has 20 heavy (non-hydrogen) atoms. The van der Waals surface area contributed by atoms with E-state index in [-0.39, 0.29) is 11.4 Å². The summed E-state index contributed by atoms with van der Waals surface area (Å²) in [7, 11) is 0. The molecule has 2 aromatic rings. The van der Waals surface area contributed by atoms with Crippen LogP contribution in [0.2, 0.25) is 0 Å². The second-order valence-electron chi connectivity index (χ2n) is 4.04. The second-order valence-corrected chi connectivity index (χ2v) is 4.04. The first-order valence-corrected chi connectivity index (χ1v) is 5.78. The van der Waals surface area contributed by atoms with Crippen LogP contribution in [0.1, 0.15) is 5.56 Å². The van der Waals surface area contributed by atoms with Crippen molar-refractivity contribution in [1.82, 2.24) is 0 Å². The first kappa shape index (κ1) is 13.7. The van der Waals surface area contributed by atoms with E-state index in [4.69, 9.17) is 5.11 Å². The fraction of sp³-hybridized carbons (Fsp3) is 0. The van der Waals surface area contributed by atoms with Gasteiger partial charge >= 0.3 is 0 Å². The smallest absolute Gasteiger partial charge is 0.248 e. The normalized spacial score (nSPS) is 10.7. The minimum Gasteiger partial charge on any atom is -0.508 e. The lowest BCUT2D eigenvalue weighted by atomic mass is 10.2. The predicted octanol–water partition coefficient (Wildman–Crippen LogP) is 3.32. The molecule has 3 nitrogen and oxygen atoms in total. The van der Waals surface area contributed by atoms with Gasteiger partial charge in [0, 0.05) is 17.8 Å². The number of rotatable bonds is 3. The highest BCUT2D eigenvalue weighted by molar-refractivity contribution is 6.01. The summed E-state index contributed by atoms with van der Waals surface area (Å²) in [5.74, 6) is -2.33. The van der Waals surface area contributed by atoms with Crippen LogP contribution in [0.4, 0.5) is 14.5 Å². The van der Waals surface area contributed by atoms with Gasteiger partial charge in [0.25, 0.3) is 0 Å². The number of halogens is 2. The number of hydrogen-bond acceptors (Lipinski definition) is 2. The van der Waals surface area contributed by atoms with Crippen LogP contribution in [0.15, 0.2) is 48.5 Å². The highest BCUT2D eigenvalue weighted by atomic mass is 19.2. The maximum Gasteiger partial charge on any atom is 0.248 e. The largest absolute Gasteiger partial charge is 0.508 e. The Kier molecular flexibility index (Phi) is 4.10. The number of aromatic hydroxyl groups is 1. The highest BCUT2D eigenvalue weighted by Crippen LogP contribution is 2.14. The third-order valence-corrected chi connectivity index (χ3v) is 2.51. The van der Waals surface area contributed by atoms with Crippen molar-refractivity contribution in [3.8, 4) is 5.75 Å². The Morgan fingerprint density at radius 3 is 2.40 bits per heavy atom. The molecule has 0 aliphatic carbocycles. The molecule has 0 radical (unpaired) electrons. The predicted molar refractivity (Wildman–Crippen MR) is 72.1 cm³/mol. The number of phenols is 1. The molecule has 0 bridgehead atoms. The quantitative estimate of drug-likeness (QED) is 0.844. The SMILES string of the molecule is O=C(/C=C/c1ccc(O)cc1)Nc1ccc(F)c(F)c1. The average molecular weight is 275 g/mol. The molecule has 0 heterocycles. The summed E-state index contributed by atoms with van der Waals surface area (Å²) in [6.07, 6.45) is 2.79. The molecule has 0 spiro atoms. The van der Waals surface area contributed by atoms with E-state index in [0.717, 1.165) is 17.7 Å². The summed E-state index contributed by atoms with van der Waals surface area (Å²) in [6, 6.07) is 9.37. The maximum absolute atomic E-state index is 13.0. The van der Waals surface area contributed by atoms with Crippen LogP contribution in [-0.2, 0) is 4.79 Å². The van der Waals surface area contributed by atoms with Crippen molar-refractivity contribution in [2.24, 2.45) is 0 Å². The summed E-state index contributed by atoms with van der Waals surface area (Å²) >= 11 is 0. The molecule has 0 aliphatic rings. The van der Waals surface area contributed by atoms with Gasteiger partial charge in [0.2, 0.25) is 5.91 Å². The van der Waals surface area contributed by atoms with Gasteiger partial charge in [0.05, 0.1) is 0 Å². The van der Waals surface area contributed by atoms with Gasteiger partial charge in [-0.25, -0.2) is 8.78 Å². The molecular weight excluding hydrogens is 264 g/mol. The Labute approximate surface area is 114 Å². The van der Waals surface area contributed by atoms with Crippen molar-refractivity contribution >= 4 is 17.7 Å². The van der Waals surface area contributed by atoms with E-state index in [2.05, 4.69) is 5.32 Å². The first-order valence-electron chi connectivity index (χ1n) is 5.78. The number of amides is 1. The maximum atomic E-state index is 13.0. The summed E-state index contributed by atoms with van der Waals surface area (Å²) in [5.41, 5.74) is 0.896. The van der Waals surface area contributed by atoms with Gasteiger partial charge in [0.1, 0.15) is 5.75 Å². The lowest BCUT2D eigenvalue weighted by Crippen LogP contribution is -2.08. The average Bonchev–Trinajstić information content (AvgIpc) is 2.42. The Morgan fingerprint density at radius 2 is 1.75 bits per heavy atom. The van der Waals surface area contributed by atoms with E-state index in [1.165, 1.54) is 30.4 Å². The third-order valence-electron chi connectivity index (χ3n) is 2.51. The molecule has 0 saturated carbocycles. The molecule has 1 amide bonds. The number of carbonyl (C=O) groups is 1. The Balaban J connectivity index is 2.01. The fourth-order valence-corrected chi connectivity index (χ4v) is 1.52. The Morgan fingerprint density at radius 1 is 1.05 bits per heavy atom. The second kappa shape index (κ2) is 5.97. The van der Waals surface area contributed by atoms with Gasteiger partial charge in [0.15, 0.2) is 11.6 Å². The van der Waals surface area contributed by atoms with Crippen LogP contribution in [-0.4, -0.2) is 11.0 Å². The number of nitrogens with one attached hydrogen (secondary N) is 1. The summed E-state index contributed by atoms with van der Waals surface area (Å²) in [6.45, 7) is 0. The lowest BCUT2D eigenvalue weighted by molar-refractivity contribution is -0.111. The Bertz CT molecular complexity index is 651. The van der Waals surface area contributed by atoms with Crippen molar-refractivity contribution in [2.45, 2.75) is 0 Å². The molecule has 2 N–H and O–H groups in total. The molecule has 5 heteroatoms. The molecule has 0 aromatic heterocycles. The molecule has 0 fully saturated rings. The highest BCUT2D eigenvalue weighted by Gasteiger charge is 2.04. The van der Waals surface area contributed by atoms with Crippen LogP contribution >= 0.6 is 0 Å². The minimum atomic E-state index is -1.02. The topological polar surface area (TPSA) is 49.3 Å². The molecule has 0 saturated heterocycles. The minimum absolute atomic E-state index is 0.133. The van der Waals surface area contributed by atoms with Gasteiger partial charge in [-0.05, 0) is 35.9 Å². The van der Waals surface area contributed by atoms with E-state index in [1.807, 2.05) is 0 Å². The van der Waals surface area contributed by atoms with E-state index >= 15 is 0 Å². The zero-order valence-electron chi connectivity index (χ0n) is 10.3. The zero-order valence-corrected chi connectivity index (χ0v) is 10.3. The molecule has 0 atom stereocenters. The molecule has 0 unspecified atom stereocenters. The first-order chi connectivity index (χ1) is 9.54. The molecule has 2 aromatic carbocycles.